The van der Waals surface area contributed by atoms with E-state index < -0.39 is 5.97 Å². The van der Waals surface area contributed by atoms with Gasteiger partial charge in [-0.05, 0) is 63.3 Å². The van der Waals surface area contributed by atoms with Crippen LogP contribution in [0.3, 0.4) is 0 Å². The molecule has 8 heteroatoms. The van der Waals surface area contributed by atoms with Gasteiger partial charge in [0.05, 0.1) is 18.6 Å². The molecule has 3 heterocycles. The van der Waals surface area contributed by atoms with Crippen molar-refractivity contribution in [2.24, 2.45) is 11.8 Å². The van der Waals surface area contributed by atoms with E-state index in [9.17, 15) is 14.7 Å². The third kappa shape index (κ3) is 3.75. The van der Waals surface area contributed by atoms with Crippen LogP contribution >= 0.6 is 0 Å². The Morgan fingerprint density at radius 1 is 1.34 bits per heavy atom. The van der Waals surface area contributed by atoms with E-state index in [0.717, 1.165) is 48.9 Å². The highest BCUT2D eigenvalue weighted by Gasteiger charge is 2.67. The van der Waals surface area contributed by atoms with Crippen molar-refractivity contribution in [3.05, 3.63) is 47.4 Å². The van der Waals surface area contributed by atoms with Gasteiger partial charge in [-0.2, -0.15) is 0 Å². The summed E-state index contributed by atoms with van der Waals surface area (Å²) in [5.41, 5.74) is 2.39. The van der Waals surface area contributed by atoms with Gasteiger partial charge in [-0.1, -0.05) is 13.8 Å². The molecule has 5 atom stereocenters. The number of hydrogen-bond donors (Lipinski definition) is 1. The zero-order chi connectivity index (χ0) is 26.8. The molecule has 2 aliphatic carbocycles. The van der Waals surface area contributed by atoms with Gasteiger partial charge in [0.25, 0.3) is 0 Å². The quantitative estimate of drug-likeness (QED) is 0.348. The number of furan rings is 1. The largest absolute Gasteiger partial charge is 0.508 e. The maximum Gasteiger partial charge on any atom is 0.308 e. The van der Waals surface area contributed by atoms with Crippen LogP contribution in [0, 0.1) is 11.8 Å². The van der Waals surface area contributed by atoms with Gasteiger partial charge in [-0.25, -0.2) is 0 Å². The standard InChI is InChI=1S/C30H36N2O6/c1-17(2)15-32(26(35)8-5-19-9-12-36-16-19)22-7-6-21-23-13-20-24(34)14-25(37-18(3)33)28-27(20)30(21,29(22)38-28)10-11-31(23)4/h5,8-9,12,14,16-17,21-23,29,34H,6-7,10-11,13,15H2,1-4H3/b8-5+/t21-,22-,23+,29-,30-/m0/s1. The molecule has 1 N–H and O–H groups in total. The van der Waals surface area contributed by atoms with Crippen LogP contribution in [0.4, 0.5) is 0 Å². The first kappa shape index (κ1) is 25.0. The van der Waals surface area contributed by atoms with Crippen molar-refractivity contribution in [1.29, 1.82) is 0 Å². The van der Waals surface area contributed by atoms with Crippen LogP contribution in [0.25, 0.3) is 6.08 Å². The molecule has 2 aliphatic heterocycles. The number of carbonyl (C=O) groups excluding carboxylic acids is 2. The average molecular weight is 521 g/mol. The van der Waals surface area contributed by atoms with E-state index in [2.05, 4.69) is 25.8 Å². The van der Waals surface area contributed by atoms with Crippen molar-refractivity contribution in [3.63, 3.8) is 0 Å². The first-order valence-electron chi connectivity index (χ1n) is 13.7. The summed E-state index contributed by atoms with van der Waals surface area (Å²) in [6.45, 7) is 7.11. The second kappa shape index (κ2) is 9.19. The fourth-order valence-electron chi connectivity index (χ4n) is 7.73. The maximum absolute atomic E-state index is 13.7. The number of rotatable bonds is 6. The summed E-state index contributed by atoms with van der Waals surface area (Å²) in [4.78, 5) is 30.1. The second-order valence-electron chi connectivity index (χ2n) is 11.8. The van der Waals surface area contributed by atoms with E-state index in [0.29, 0.717) is 18.2 Å². The third-order valence-electron chi connectivity index (χ3n) is 9.11. The Kier molecular flexibility index (Phi) is 6.05. The predicted octanol–water partition coefficient (Wildman–Crippen LogP) is 4.15. The van der Waals surface area contributed by atoms with Crippen molar-refractivity contribution >= 4 is 18.0 Å². The lowest BCUT2D eigenvalue weighted by Gasteiger charge is -2.60. The van der Waals surface area contributed by atoms with Crippen LogP contribution in [0.5, 0.6) is 17.2 Å². The van der Waals surface area contributed by atoms with Gasteiger partial charge >= 0.3 is 5.97 Å². The minimum Gasteiger partial charge on any atom is -0.508 e. The maximum atomic E-state index is 13.7. The Bertz CT molecular complexity index is 1280. The van der Waals surface area contributed by atoms with Crippen molar-refractivity contribution in [3.8, 4) is 17.2 Å². The Morgan fingerprint density at radius 2 is 2.16 bits per heavy atom. The Balaban J connectivity index is 1.45. The number of esters is 1. The predicted molar refractivity (Wildman–Crippen MR) is 141 cm³/mol. The SMILES string of the molecule is CC(=O)Oc1cc(O)c2c3c1O[C@H]1[C@@H](N(CC(C)C)C(=O)/C=C/c4ccoc4)CC[C@H]4[C@@H](C2)N(C)CC[C@@]341. The topological polar surface area (TPSA) is 92.5 Å². The average Bonchev–Trinajstić information content (AvgIpc) is 3.50. The first-order valence-corrected chi connectivity index (χ1v) is 13.7. The molecule has 1 aromatic heterocycles. The van der Waals surface area contributed by atoms with Gasteiger partial charge in [0.1, 0.15) is 11.9 Å². The first-order chi connectivity index (χ1) is 18.2. The van der Waals surface area contributed by atoms with Gasteiger partial charge in [-0.3, -0.25) is 9.59 Å². The number of benzene rings is 1. The molecular weight excluding hydrogens is 484 g/mol. The van der Waals surface area contributed by atoms with Gasteiger partial charge in [0.15, 0.2) is 11.5 Å². The highest BCUT2D eigenvalue weighted by molar-refractivity contribution is 5.92. The Labute approximate surface area is 223 Å². The number of likely N-dealkylation sites (tertiary alicyclic amines) is 1. The van der Waals surface area contributed by atoms with Crippen LogP contribution in [-0.2, 0) is 21.4 Å². The fraction of sp³-hybridized carbons (Fsp3) is 0.533. The molecule has 1 aromatic carbocycles. The highest BCUT2D eigenvalue weighted by atomic mass is 16.6. The number of carbonyl (C=O) groups is 2. The molecule has 1 saturated heterocycles. The van der Waals surface area contributed by atoms with Gasteiger partial charge in [-0.15, -0.1) is 0 Å². The van der Waals surface area contributed by atoms with E-state index in [-0.39, 0.29) is 46.9 Å². The van der Waals surface area contributed by atoms with E-state index in [4.69, 9.17) is 13.9 Å². The molecule has 0 unspecified atom stereocenters. The molecule has 1 spiro atoms. The molecule has 8 nitrogen and oxygen atoms in total. The summed E-state index contributed by atoms with van der Waals surface area (Å²) in [5, 5.41) is 11.1. The number of nitrogens with zero attached hydrogens (tertiary/aromatic N) is 2. The van der Waals surface area contributed by atoms with Crippen LogP contribution in [0.15, 0.2) is 35.2 Å². The molecule has 2 bridgehead atoms. The lowest BCUT2D eigenvalue weighted by atomic mass is 9.51. The number of hydrogen-bond acceptors (Lipinski definition) is 7. The van der Waals surface area contributed by atoms with Crippen molar-refractivity contribution in [2.45, 2.75) is 70.1 Å². The number of phenolic OH excluding ortho intramolecular Hbond substituents is 1. The monoisotopic (exact) mass is 520 g/mol. The summed E-state index contributed by atoms with van der Waals surface area (Å²) in [5.74, 6) is 1.10. The Hall–Kier alpha value is -3.26. The van der Waals surface area contributed by atoms with E-state index >= 15 is 0 Å². The molecule has 0 radical (unpaired) electrons. The van der Waals surface area contributed by atoms with E-state index in [1.165, 1.54) is 13.0 Å². The molecular formula is C30H36N2O6. The molecule has 2 fully saturated rings. The third-order valence-corrected chi connectivity index (χ3v) is 9.11. The molecule has 38 heavy (non-hydrogen) atoms. The second-order valence-corrected chi connectivity index (χ2v) is 11.8. The molecule has 2 aromatic rings. The minimum atomic E-state index is -0.456. The minimum absolute atomic E-state index is 0.0529. The van der Waals surface area contributed by atoms with E-state index in [1.54, 1.807) is 24.7 Å². The molecule has 4 aliphatic rings. The number of ether oxygens (including phenoxy) is 2. The normalized spacial score (nSPS) is 29.3. The van der Waals surface area contributed by atoms with Crippen LogP contribution in [0.1, 0.15) is 56.7 Å². The summed E-state index contributed by atoms with van der Waals surface area (Å²) >= 11 is 0. The fourth-order valence-corrected chi connectivity index (χ4v) is 7.73. The van der Waals surface area contributed by atoms with Crippen molar-refractivity contribution < 1.29 is 28.6 Å². The summed E-state index contributed by atoms with van der Waals surface area (Å²) in [6, 6.07) is 3.49. The molecule has 1 amide bonds. The molecule has 1 saturated carbocycles. The zero-order valence-electron chi connectivity index (χ0n) is 22.5. The smallest absolute Gasteiger partial charge is 0.308 e. The van der Waals surface area contributed by atoms with Gasteiger partial charge in [0, 0.05) is 53.8 Å². The lowest BCUT2D eigenvalue weighted by molar-refractivity contribution is -0.138. The number of amides is 1. The highest BCUT2D eigenvalue weighted by Crippen LogP contribution is 2.65. The number of likely N-dealkylation sites (N-methyl/N-ethyl adjacent to an activating group) is 1. The zero-order valence-corrected chi connectivity index (χ0v) is 22.5. The lowest BCUT2D eigenvalue weighted by Crippen LogP contribution is -2.68. The number of piperidine rings is 1. The van der Waals surface area contributed by atoms with Gasteiger partial charge in [0.2, 0.25) is 5.91 Å². The van der Waals surface area contributed by atoms with Crippen molar-refractivity contribution in [2.75, 3.05) is 20.1 Å². The summed E-state index contributed by atoms with van der Waals surface area (Å²) in [7, 11) is 2.17. The number of aromatic hydroxyl groups is 1. The summed E-state index contributed by atoms with van der Waals surface area (Å²) in [6.07, 6.45) is 9.72. The number of phenols is 1. The molecule has 202 valence electrons. The molecule has 6 rings (SSSR count). The summed E-state index contributed by atoms with van der Waals surface area (Å²) < 4.78 is 17.6. The van der Waals surface area contributed by atoms with Gasteiger partial charge < -0.3 is 28.8 Å². The van der Waals surface area contributed by atoms with Crippen molar-refractivity contribution in [1.82, 2.24) is 9.80 Å². The van der Waals surface area contributed by atoms with Crippen LogP contribution in [-0.4, -0.2) is 65.1 Å². The van der Waals surface area contributed by atoms with Crippen LogP contribution in [0.2, 0.25) is 0 Å². The Morgan fingerprint density at radius 3 is 2.87 bits per heavy atom. The van der Waals surface area contributed by atoms with E-state index in [1.807, 2.05) is 11.0 Å². The van der Waals surface area contributed by atoms with Crippen LogP contribution < -0.4 is 9.47 Å².